The molecule has 82 valence electrons. The van der Waals surface area contributed by atoms with E-state index in [1.54, 1.807) is 32.4 Å². The Morgan fingerprint density at radius 1 is 1.50 bits per heavy atom. The highest BCUT2D eigenvalue weighted by molar-refractivity contribution is 9.10. The van der Waals surface area contributed by atoms with Crippen LogP contribution in [0.2, 0.25) is 0 Å². The lowest BCUT2D eigenvalue weighted by molar-refractivity contribution is 0.102. The van der Waals surface area contributed by atoms with Gasteiger partial charge in [0.15, 0.2) is 0 Å². The van der Waals surface area contributed by atoms with Gasteiger partial charge in [0.1, 0.15) is 17.2 Å². The van der Waals surface area contributed by atoms with Gasteiger partial charge in [0, 0.05) is 13.2 Å². The maximum atomic E-state index is 12.1. The first-order valence-corrected chi connectivity index (χ1v) is 5.40. The van der Waals surface area contributed by atoms with Gasteiger partial charge < -0.3 is 0 Å². The number of carbonyl (C=O) groups excluding carboxylic acids is 1. The first-order valence-electron chi connectivity index (χ1n) is 4.61. The van der Waals surface area contributed by atoms with E-state index in [-0.39, 0.29) is 5.78 Å². The van der Waals surface area contributed by atoms with Crippen LogP contribution in [-0.4, -0.2) is 25.5 Å². The number of hydrogen-bond donors (Lipinski definition) is 0. The second kappa shape index (κ2) is 4.13. The highest BCUT2D eigenvalue weighted by Crippen LogP contribution is 2.17. The molecule has 2 rings (SSSR count). The van der Waals surface area contributed by atoms with Crippen LogP contribution in [0.3, 0.4) is 0 Å². The summed E-state index contributed by atoms with van der Waals surface area (Å²) in [5, 5.41) is 3.99. The monoisotopic (exact) mass is 280 g/mol. The topological polar surface area (TPSA) is 60.7 Å². The summed E-state index contributed by atoms with van der Waals surface area (Å²) in [4.78, 5) is 20.2. The average molecular weight is 281 g/mol. The van der Waals surface area contributed by atoms with E-state index in [2.05, 4.69) is 31.0 Å². The van der Waals surface area contributed by atoms with E-state index in [9.17, 15) is 4.79 Å². The molecule has 2 aromatic heterocycles. The first-order chi connectivity index (χ1) is 7.59. The van der Waals surface area contributed by atoms with Crippen LogP contribution in [0.25, 0.3) is 0 Å². The number of carbonyl (C=O) groups is 1. The van der Waals surface area contributed by atoms with E-state index < -0.39 is 0 Å². The van der Waals surface area contributed by atoms with Gasteiger partial charge in [0.05, 0.1) is 10.7 Å². The number of rotatable bonds is 2. The average Bonchev–Trinajstić information content (AvgIpc) is 2.58. The quantitative estimate of drug-likeness (QED) is 0.783. The van der Waals surface area contributed by atoms with Gasteiger partial charge in [0.2, 0.25) is 5.78 Å². The summed E-state index contributed by atoms with van der Waals surface area (Å²) in [6.45, 7) is 1.75. The van der Waals surface area contributed by atoms with Crippen LogP contribution in [0, 0.1) is 6.92 Å². The Bertz CT molecular complexity index is 530. The molecule has 0 amide bonds. The van der Waals surface area contributed by atoms with Gasteiger partial charge in [0.25, 0.3) is 0 Å². The molecule has 0 unspecified atom stereocenters. The largest absolute Gasteiger partial charge is 0.285 e. The Balaban J connectivity index is 2.47. The molecule has 0 aliphatic rings. The number of nitrogens with zero attached hydrogens (tertiary/aromatic N) is 4. The minimum absolute atomic E-state index is 0.169. The van der Waals surface area contributed by atoms with Crippen LogP contribution in [0.5, 0.6) is 0 Å². The molecule has 0 bridgehead atoms. The lowest BCUT2D eigenvalue weighted by atomic mass is 10.2. The van der Waals surface area contributed by atoms with E-state index in [1.807, 2.05) is 0 Å². The Kier molecular flexibility index (Phi) is 2.82. The molecule has 0 aliphatic heterocycles. The van der Waals surface area contributed by atoms with Gasteiger partial charge in [-0.05, 0) is 28.9 Å². The van der Waals surface area contributed by atoms with Crippen molar-refractivity contribution in [2.45, 2.75) is 6.92 Å². The Morgan fingerprint density at radius 3 is 2.81 bits per heavy atom. The van der Waals surface area contributed by atoms with Crippen molar-refractivity contribution in [1.82, 2.24) is 19.7 Å². The van der Waals surface area contributed by atoms with E-state index >= 15 is 0 Å². The highest BCUT2D eigenvalue weighted by atomic mass is 79.9. The maximum absolute atomic E-state index is 12.1. The van der Waals surface area contributed by atoms with Crippen molar-refractivity contribution < 1.29 is 4.79 Å². The normalized spacial score (nSPS) is 10.4. The van der Waals surface area contributed by atoms with Crippen molar-refractivity contribution in [2.75, 3.05) is 0 Å². The van der Waals surface area contributed by atoms with Crippen molar-refractivity contribution in [1.29, 1.82) is 0 Å². The minimum atomic E-state index is -0.169. The maximum Gasteiger partial charge on any atom is 0.230 e. The smallest absolute Gasteiger partial charge is 0.230 e. The van der Waals surface area contributed by atoms with Crippen LogP contribution >= 0.6 is 15.9 Å². The predicted octanol–water partition coefficient (Wildman–Crippen LogP) is 1.51. The Labute approximate surface area is 101 Å². The van der Waals surface area contributed by atoms with Gasteiger partial charge >= 0.3 is 0 Å². The second-order valence-electron chi connectivity index (χ2n) is 3.28. The zero-order chi connectivity index (χ0) is 11.7. The third kappa shape index (κ3) is 1.88. The fraction of sp³-hybridized carbons (Fsp3) is 0.200. The second-order valence-corrected chi connectivity index (χ2v) is 4.14. The summed E-state index contributed by atoms with van der Waals surface area (Å²) in [6.07, 6.45) is 3.15. The third-order valence-corrected chi connectivity index (χ3v) is 2.70. The first kappa shape index (κ1) is 10.9. The van der Waals surface area contributed by atoms with Gasteiger partial charge in [-0.3, -0.25) is 9.48 Å². The predicted molar refractivity (Wildman–Crippen MR) is 61.1 cm³/mol. The molecular formula is C10H9BrN4O. The van der Waals surface area contributed by atoms with Gasteiger partial charge in [-0.15, -0.1) is 0 Å². The van der Waals surface area contributed by atoms with Crippen LogP contribution in [0.4, 0.5) is 0 Å². The van der Waals surface area contributed by atoms with Crippen molar-refractivity contribution in [3.63, 3.8) is 0 Å². The standard InChI is InChI=1S/C10H9BrN4O/c1-6-12-4-3-8(14-6)10(16)9-7(11)5-13-15(9)2/h3-5H,1-2H3. The molecule has 5 nitrogen and oxygen atoms in total. The van der Waals surface area contributed by atoms with Gasteiger partial charge in [-0.25, -0.2) is 9.97 Å². The molecule has 0 spiro atoms. The number of hydrogen-bond acceptors (Lipinski definition) is 4. The molecule has 0 saturated carbocycles. The zero-order valence-corrected chi connectivity index (χ0v) is 10.4. The summed E-state index contributed by atoms with van der Waals surface area (Å²) < 4.78 is 2.18. The van der Waals surface area contributed by atoms with E-state index in [4.69, 9.17) is 0 Å². The molecule has 16 heavy (non-hydrogen) atoms. The highest BCUT2D eigenvalue weighted by Gasteiger charge is 2.18. The van der Waals surface area contributed by atoms with E-state index in [1.165, 1.54) is 4.68 Å². The molecule has 0 aromatic carbocycles. The van der Waals surface area contributed by atoms with Crippen molar-refractivity contribution in [3.05, 3.63) is 40.1 Å². The third-order valence-electron chi connectivity index (χ3n) is 2.12. The fourth-order valence-electron chi connectivity index (χ4n) is 1.37. The molecule has 0 atom stereocenters. The molecule has 0 radical (unpaired) electrons. The minimum Gasteiger partial charge on any atom is -0.285 e. The molecule has 0 saturated heterocycles. The lowest BCUT2D eigenvalue weighted by Gasteiger charge is -2.02. The molecule has 2 aromatic rings. The number of aromatic nitrogens is 4. The molecule has 0 fully saturated rings. The van der Waals surface area contributed by atoms with Crippen molar-refractivity contribution in [3.8, 4) is 0 Å². The van der Waals surface area contributed by atoms with Crippen molar-refractivity contribution in [2.24, 2.45) is 7.05 Å². The Hall–Kier alpha value is -1.56. The van der Waals surface area contributed by atoms with Gasteiger partial charge in [-0.2, -0.15) is 5.10 Å². The van der Waals surface area contributed by atoms with Crippen molar-refractivity contribution >= 4 is 21.7 Å². The number of ketones is 1. The van der Waals surface area contributed by atoms with Crippen LogP contribution in [0.1, 0.15) is 22.0 Å². The zero-order valence-electron chi connectivity index (χ0n) is 8.81. The summed E-state index contributed by atoms with van der Waals surface area (Å²) in [5.74, 6) is 0.404. The molecular weight excluding hydrogens is 272 g/mol. The van der Waals surface area contributed by atoms with E-state index in [0.717, 1.165) is 0 Å². The lowest BCUT2D eigenvalue weighted by Crippen LogP contribution is -2.11. The summed E-state index contributed by atoms with van der Waals surface area (Å²) in [7, 11) is 1.71. The molecule has 6 heteroatoms. The fourth-order valence-corrected chi connectivity index (χ4v) is 1.90. The number of halogens is 1. The Morgan fingerprint density at radius 2 is 2.25 bits per heavy atom. The van der Waals surface area contributed by atoms with E-state index in [0.29, 0.717) is 21.7 Å². The SMILES string of the molecule is Cc1nccc(C(=O)c2c(Br)cnn2C)n1. The van der Waals surface area contributed by atoms with Crippen LogP contribution in [0.15, 0.2) is 22.9 Å². The van der Waals surface area contributed by atoms with Crippen LogP contribution < -0.4 is 0 Å². The van der Waals surface area contributed by atoms with Gasteiger partial charge in [-0.1, -0.05) is 0 Å². The van der Waals surface area contributed by atoms with Crippen LogP contribution in [-0.2, 0) is 7.05 Å². The molecule has 0 aliphatic carbocycles. The summed E-state index contributed by atoms with van der Waals surface area (Å²) in [6, 6.07) is 1.59. The summed E-state index contributed by atoms with van der Waals surface area (Å²) >= 11 is 3.29. The molecule has 2 heterocycles. The molecule has 0 N–H and O–H groups in total. The summed E-state index contributed by atoms with van der Waals surface area (Å²) in [5.41, 5.74) is 0.856. The number of aryl methyl sites for hydroxylation is 2.